The highest BCUT2D eigenvalue weighted by Crippen LogP contribution is 2.53. The van der Waals surface area contributed by atoms with Gasteiger partial charge in [0, 0.05) is 46.3 Å². The molecule has 0 aromatic carbocycles. The van der Waals surface area contributed by atoms with Gasteiger partial charge in [-0.05, 0) is 140 Å². The molecule has 1 aromatic heterocycles. The number of aromatic nitrogens is 1. The average Bonchev–Trinajstić information content (AvgIpc) is 2.44. The van der Waals surface area contributed by atoms with Crippen molar-refractivity contribution in [2.24, 2.45) is 84.8 Å². The molecule has 0 radical (unpaired) electrons. The van der Waals surface area contributed by atoms with Crippen molar-refractivity contribution in [3.63, 3.8) is 0 Å². The molecule has 1 aliphatic heterocycles. The van der Waals surface area contributed by atoms with Gasteiger partial charge in [0.25, 0.3) is 0 Å². The molecule has 0 saturated heterocycles. The third kappa shape index (κ3) is 18.8. The first-order valence-electron chi connectivity index (χ1n) is 33.7. The van der Waals surface area contributed by atoms with Crippen LogP contribution in [0.15, 0.2) is 34.5 Å². The molecule has 5 atom stereocenters. The van der Waals surface area contributed by atoms with E-state index < -0.39 is 65.2 Å². The van der Waals surface area contributed by atoms with Gasteiger partial charge < -0.3 is 40.0 Å². The highest BCUT2D eigenvalue weighted by atomic mass is 16.6. The number of aromatic amines is 1. The second kappa shape index (κ2) is 30.7. The SMILES string of the molecule is C=CC(=O)OCCCC(CC)(CC)C(=O)Nc1[nH]c(/C=C2\N=C(NC(=O)C(CC)(CC)CCCCC(CC(=O)O)C(=O)O)C(C(=O)OC3C(C(C)(C)C)CC(C)CC3C(C)(C)C)=C2C(C)C)c(C(C)C)c1C(=O)OC1C(C(C)(C)C)CC(C)CC1C(C)(C)C. The Hall–Kier alpha value is -5.54. The van der Waals surface area contributed by atoms with Crippen LogP contribution in [0.25, 0.3) is 6.08 Å². The number of amides is 2. The van der Waals surface area contributed by atoms with Gasteiger partial charge in [0.05, 0.1) is 24.6 Å². The van der Waals surface area contributed by atoms with Crippen LogP contribution in [0.2, 0.25) is 0 Å². The van der Waals surface area contributed by atoms with E-state index in [9.17, 15) is 24.6 Å². The summed E-state index contributed by atoms with van der Waals surface area (Å²) < 4.78 is 19.3. The summed E-state index contributed by atoms with van der Waals surface area (Å²) in [5, 5.41) is 25.6. The zero-order valence-corrected chi connectivity index (χ0v) is 59.0. The molecule has 89 heavy (non-hydrogen) atoms. The van der Waals surface area contributed by atoms with Gasteiger partial charge in [-0.15, -0.1) is 0 Å². The van der Waals surface area contributed by atoms with Gasteiger partial charge in [0.15, 0.2) is 0 Å². The molecule has 2 aliphatic carbocycles. The summed E-state index contributed by atoms with van der Waals surface area (Å²) in [6.45, 7) is 50.2. The first kappa shape index (κ1) is 75.9. The standard InChI is InChI=1S/C73H118N4O12/c1-24-54(80)87-35-31-34-73(27-4,28-5)67(86)77-62-58(65(84)89-60-49(70(18,19)20)38-45(11)39-50(60)71(21,22)23)56(43(8)9)52(75-62)41-51-55(42(6)7)57(64(83)88-59-47(68(12,13)14)36-44(10)37-48(59)69(15,16)17)61(74-51)76-66(85)72(25-2,26-3)33-30-29-32-46(63(81)82)40-53(78)79/h24,41-50,59-60,75H,1,25-40H2,2-23H3,(H,77,86)(H,78,79)(H,81,82)(H,74,76,85)/b51-41-. The summed E-state index contributed by atoms with van der Waals surface area (Å²) in [5.41, 5.74) is -0.604. The highest BCUT2D eigenvalue weighted by Gasteiger charge is 2.51. The van der Waals surface area contributed by atoms with E-state index in [2.05, 4.69) is 119 Å². The lowest BCUT2D eigenvalue weighted by Gasteiger charge is -2.50. The van der Waals surface area contributed by atoms with Crippen molar-refractivity contribution < 1.29 is 58.0 Å². The molecule has 2 amide bonds. The van der Waals surface area contributed by atoms with Crippen molar-refractivity contribution in [2.45, 2.75) is 267 Å². The molecule has 0 bridgehead atoms. The largest absolute Gasteiger partial charge is 0.481 e. The van der Waals surface area contributed by atoms with Crippen molar-refractivity contribution in [3.8, 4) is 0 Å². The fourth-order valence-electron chi connectivity index (χ4n) is 14.9. The normalized spacial score (nSPS) is 23.1. The molecule has 2 saturated carbocycles. The third-order valence-electron chi connectivity index (χ3n) is 20.7. The fourth-order valence-corrected chi connectivity index (χ4v) is 14.9. The zero-order valence-electron chi connectivity index (χ0n) is 59.0. The summed E-state index contributed by atoms with van der Waals surface area (Å²) in [6, 6.07) is 0. The van der Waals surface area contributed by atoms with E-state index in [1.807, 2.05) is 61.5 Å². The van der Waals surface area contributed by atoms with Crippen LogP contribution >= 0.6 is 0 Å². The molecule has 5 unspecified atom stereocenters. The minimum atomic E-state index is -1.19. The number of allylic oxidation sites excluding steroid dienone is 1. The van der Waals surface area contributed by atoms with Crippen LogP contribution in [0.1, 0.15) is 276 Å². The molecule has 3 aliphatic rings. The lowest BCUT2D eigenvalue weighted by atomic mass is 9.59. The topological polar surface area (TPSA) is 240 Å². The number of H-pyrrole nitrogens is 1. The van der Waals surface area contributed by atoms with Crippen LogP contribution in [0.5, 0.6) is 0 Å². The number of aliphatic carboxylic acids is 2. The number of nitrogens with zero attached hydrogens (tertiary/aromatic N) is 1. The molecular weight excluding hydrogens is 1120 g/mol. The maximum Gasteiger partial charge on any atom is 0.342 e. The Kier molecular flexibility index (Phi) is 26.2. The van der Waals surface area contributed by atoms with Gasteiger partial charge in [-0.25, -0.2) is 19.4 Å². The Balaban J connectivity index is 2.09. The number of carboxylic acid groups (broad SMARTS) is 2. The number of esters is 3. The van der Waals surface area contributed by atoms with Crippen LogP contribution in [0, 0.1) is 79.8 Å². The number of ether oxygens (including phenoxy) is 3. The molecule has 4 rings (SSSR count). The smallest absolute Gasteiger partial charge is 0.342 e. The number of carboxylic acids is 2. The quantitative estimate of drug-likeness (QED) is 0.0239. The number of rotatable bonds is 27. The Morgan fingerprint density at radius 1 is 0.640 bits per heavy atom. The average molecular weight is 1240 g/mol. The monoisotopic (exact) mass is 1240 g/mol. The number of aliphatic imine (C=N–C) groups is 1. The summed E-state index contributed by atoms with van der Waals surface area (Å²) in [6.07, 6.45) is 8.79. The van der Waals surface area contributed by atoms with Crippen LogP contribution in [-0.4, -0.2) is 81.5 Å². The predicted octanol–water partition coefficient (Wildman–Crippen LogP) is 16.7. The van der Waals surface area contributed by atoms with Crippen LogP contribution in [-0.2, 0) is 43.0 Å². The molecule has 5 N–H and O–H groups in total. The van der Waals surface area contributed by atoms with E-state index in [4.69, 9.17) is 19.2 Å². The van der Waals surface area contributed by atoms with E-state index in [-0.39, 0.29) is 105 Å². The lowest BCUT2D eigenvalue weighted by Crippen LogP contribution is -2.50. The van der Waals surface area contributed by atoms with Gasteiger partial charge in [0.1, 0.15) is 35.0 Å². The molecule has 2 heterocycles. The van der Waals surface area contributed by atoms with Crippen LogP contribution < -0.4 is 10.6 Å². The Morgan fingerprint density at radius 3 is 1.47 bits per heavy atom. The summed E-state index contributed by atoms with van der Waals surface area (Å²) in [4.78, 5) is 106. The second-order valence-electron chi connectivity index (χ2n) is 31.8. The van der Waals surface area contributed by atoms with E-state index >= 15 is 19.2 Å². The first-order chi connectivity index (χ1) is 41.1. The minimum absolute atomic E-state index is 0.000570. The number of hydrogen-bond acceptors (Lipinski definition) is 11. The van der Waals surface area contributed by atoms with Gasteiger partial charge in [-0.2, -0.15) is 0 Å². The van der Waals surface area contributed by atoms with Crippen molar-refractivity contribution in [1.29, 1.82) is 0 Å². The second-order valence-corrected chi connectivity index (χ2v) is 31.8. The first-order valence-corrected chi connectivity index (χ1v) is 33.7. The molecule has 16 nitrogen and oxygen atoms in total. The number of carbonyl (C=O) groups is 7. The molecular formula is C73H118N4O12. The molecule has 1 aromatic rings. The lowest BCUT2D eigenvalue weighted by molar-refractivity contribution is -0.164. The molecule has 16 heteroatoms. The number of anilines is 1. The minimum Gasteiger partial charge on any atom is -0.481 e. The summed E-state index contributed by atoms with van der Waals surface area (Å²) >= 11 is 0. The van der Waals surface area contributed by atoms with Crippen molar-refractivity contribution >= 4 is 59.4 Å². The fraction of sp³-hybridized carbons (Fsp3) is 0.753. The Morgan fingerprint density at radius 2 is 1.08 bits per heavy atom. The van der Waals surface area contributed by atoms with E-state index in [1.165, 1.54) is 0 Å². The summed E-state index contributed by atoms with van der Waals surface area (Å²) in [5.74, 6) is -5.55. The number of hydrogen-bond donors (Lipinski definition) is 5. The molecule has 2 fully saturated rings. The molecule has 0 spiro atoms. The maximum atomic E-state index is 15.8. The van der Waals surface area contributed by atoms with Crippen LogP contribution in [0.4, 0.5) is 5.82 Å². The van der Waals surface area contributed by atoms with E-state index in [0.29, 0.717) is 92.2 Å². The Bertz CT molecular complexity index is 2730. The van der Waals surface area contributed by atoms with E-state index in [1.54, 1.807) is 0 Å². The van der Waals surface area contributed by atoms with Gasteiger partial charge >= 0.3 is 29.8 Å². The summed E-state index contributed by atoms with van der Waals surface area (Å²) in [7, 11) is 0. The predicted molar refractivity (Wildman–Crippen MR) is 355 cm³/mol. The molecule has 502 valence electrons. The van der Waals surface area contributed by atoms with Gasteiger partial charge in [-0.1, -0.05) is 172 Å². The highest BCUT2D eigenvalue weighted by molar-refractivity contribution is 6.26. The van der Waals surface area contributed by atoms with Gasteiger partial charge in [-0.3, -0.25) is 19.2 Å². The van der Waals surface area contributed by atoms with Gasteiger partial charge in [0.2, 0.25) is 11.8 Å². The van der Waals surface area contributed by atoms with E-state index in [0.717, 1.165) is 31.8 Å². The van der Waals surface area contributed by atoms with Crippen molar-refractivity contribution in [3.05, 3.63) is 46.3 Å². The van der Waals surface area contributed by atoms with Crippen molar-refractivity contribution in [2.75, 3.05) is 11.9 Å². The number of nitrogens with one attached hydrogen (secondary N) is 3. The number of amidine groups is 1. The third-order valence-corrected chi connectivity index (χ3v) is 20.7. The van der Waals surface area contributed by atoms with Crippen LogP contribution in [0.3, 0.4) is 0 Å². The number of unbranched alkanes of at least 4 members (excludes halogenated alkanes) is 1. The maximum absolute atomic E-state index is 15.8. The number of carbonyl (C=O) groups excluding carboxylic acids is 5. The Labute approximate surface area is 535 Å². The van der Waals surface area contributed by atoms with Crippen molar-refractivity contribution in [1.82, 2.24) is 10.3 Å². The zero-order chi connectivity index (χ0) is 67.7.